The number of aliphatic hydroxyl groups is 1. The van der Waals surface area contributed by atoms with Gasteiger partial charge in [-0.1, -0.05) is 19.8 Å². The maximum absolute atomic E-state index is 11.5. The molecule has 4 heteroatoms. The van der Waals surface area contributed by atoms with Gasteiger partial charge in [0.2, 0.25) is 5.91 Å². The van der Waals surface area contributed by atoms with Gasteiger partial charge in [0, 0.05) is 24.9 Å². The average molecular weight is 228 g/mol. The van der Waals surface area contributed by atoms with Gasteiger partial charge in [0.25, 0.3) is 0 Å². The number of nitrogens with one attached hydrogen (secondary N) is 2. The quantitative estimate of drug-likeness (QED) is 0.647. The van der Waals surface area contributed by atoms with E-state index in [1.54, 1.807) is 0 Å². The van der Waals surface area contributed by atoms with Crippen LogP contribution in [0.15, 0.2) is 0 Å². The highest BCUT2D eigenvalue weighted by molar-refractivity contribution is 5.76. The SMILES string of the molecule is CNCCC(=O)NCC1(C)CCCCC1O. The summed E-state index contributed by atoms with van der Waals surface area (Å²) in [6, 6.07) is 0. The maximum Gasteiger partial charge on any atom is 0.221 e. The molecule has 4 nitrogen and oxygen atoms in total. The first-order valence-electron chi connectivity index (χ1n) is 6.18. The summed E-state index contributed by atoms with van der Waals surface area (Å²) in [7, 11) is 1.83. The van der Waals surface area contributed by atoms with Crippen molar-refractivity contribution < 1.29 is 9.90 Å². The van der Waals surface area contributed by atoms with E-state index >= 15 is 0 Å². The third-order valence-electron chi connectivity index (χ3n) is 3.57. The van der Waals surface area contributed by atoms with Crippen LogP contribution in [-0.2, 0) is 4.79 Å². The van der Waals surface area contributed by atoms with Crippen molar-refractivity contribution in [1.29, 1.82) is 0 Å². The maximum atomic E-state index is 11.5. The molecule has 0 aliphatic heterocycles. The van der Waals surface area contributed by atoms with E-state index in [2.05, 4.69) is 17.6 Å². The molecule has 0 aromatic carbocycles. The molecule has 1 saturated carbocycles. The van der Waals surface area contributed by atoms with Crippen LogP contribution in [0.2, 0.25) is 0 Å². The zero-order chi connectivity index (χ0) is 12.0. The van der Waals surface area contributed by atoms with Crippen LogP contribution in [0.4, 0.5) is 0 Å². The fraction of sp³-hybridized carbons (Fsp3) is 0.917. The van der Waals surface area contributed by atoms with Crippen LogP contribution in [0, 0.1) is 5.41 Å². The number of amides is 1. The standard InChI is InChI=1S/C12H24N2O2/c1-12(7-4-3-5-10(12)15)9-14-11(16)6-8-13-2/h10,13,15H,3-9H2,1-2H3,(H,14,16). The second-order valence-corrected chi connectivity index (χ2v) is 5.05. The molecule has 2 atom stereocenters. The lowest BCUT2D eigenvalue weighted by molar-refractivity contribution is -0.122. The van der Waals surface area contributed by atoms with E-state index in [9.17, 15) is 9.90 Å². The Labute approximate surface area is 97.8 Å². The van der Waals surface area contributed by atoms with Crippen molar-refractivity contribution in [2.24, 2.45) is 5.41 Å². The summed E-state index contributed by atoms with van der Waals surface area (Å²) in [6.45, 7) is 3.36. The van der Waals surface area contributed by atoms with E-state index in [0.717, 1.165) is 25.7 Å². The highest BCUT2D eigenvalue weighted by Gasteiger charge is 2.35. The van der Waals surface area contributed by atoms with Gasteiger partial charge in [-0.25, -0.2) is 0 Å². The zero-order valence-electron chi connectivity index (χ0n) is 10.4. The van der Waals surface area contributed by atoms with Crippen LogP contribution in [0.3, 0.4) is 0 Å². The van der Waals surface area contributed by atoms with E-state index in [1.165, 1.54) is 0 Å². The number of carbonyl (C=O) groups is 1. The van der Waals surface area contributed by atoms with Crippen molar-refractivity contribution in [3.05, 3.63) is 0 Å². The van der Waals surface area contributed by atoms with Crippen molar-refractivity contribution in [2.75, 3.05) is 20.1 Å². The fourth-order valence-corrected chi connectivity index (χ4v) is 2.22. The Hall–Kier alpha value is -0.610. The second-order valence-electron chi connectivity index (χ2n) is 5.05. The first kappa shape index (κ1) is 13.5. The lowest BCUT2D eigenvalue weighted by atomic mass is 9.73. The normalized spacial score (nSPS) is 30.1. The Balaban J connectivity index is 2.32. The minimum atomic E-state index is -0.272. The van der Waals surface area contributed by atoms with Crippen molar-refractivity contribution in [2.45, 2.75) is 45.1 Å². The Morgan fingerprint density at radius 3 is 2.88 bits per heavy atom. The minimum Gasteiger partial charge on any atom is -0.392 e. The van der Waals surface area contributed by atoms with Crippen LogP contribution in [0.25, 0.3) is 0 Å². The number of hydrogen-bond donors (Lipinski definition) is 3. The predicted octanol–water partition coefficient (Wildman–Crippen LogP) is 0.653. The summed E-state index contributed by atoms with van der Waals surface area (Å²) in [6.07, 6.45) is 4.35. The Morgan fingerprint density at radius 1 is 1.50 bits per heavy atom. The van der Waals surface area contributed by atoms with Gasteiger partial charge in [-0.3, -0.25) is 4.79 Å². The van der Waals surface area contributed by atoms with Crippen LogP contribution in [-0.4, -0.2) is 37.3 Å². The third kappa shape index (κ3) is 3.76. The average Bonchev–Trinajstić information content (AvgIpc) is 2.28. The number of hydrogen-bond acceptors (Lipinski definition) is 3. The Kier molecular flexibility index (Phi) is 5.22. The van der Waals surface area contributed by atoms with Gasteiger partial charge < -0.3 is 15.7 Å². The van der Waals surface area contributed by atoms with Gasteiger partial charge >= 0.3 is 0 Å². The van der Waals surface area contributed by atoms with E-state index in [0.29, 0.717) is 19.5 Å². The Bertz CT molecular complexity index is 233. The fourth-order valence-electron chi connectivity index (χ4n) is 2.22. The molecule has 0 bridgehead atoms. The number of rotatable bonds is 5. The van der Waals surface area contributed by atoms with E-state index in [-0.39, 0.29) is 17.4 Å². The zero-order valence-corrected chi connectivity index (χ0v) is 10.4. The smallest absolute Gasteiger partial charge is 0.221 e. The molecule has 0 spiro atoms. The number of carbonyl (C=O) groups excluding carboxylic acids is 1. The van der Waals surface area contributed by atoms with Gasteiger partial charge in [0.15, 0.2) is 0 Å². The molecule has 1 aliphatic carbocycles. The minimum absolute atomic E-state index is 0.0633. The third-order valence-corrected chi connectivity index (χ3v) is 3.57. The molecule has 0 aromatic rings. The van der Waals surface area contributed by atoms with Crippen molar-refractivity contribution in [3.63, 3.8) is 0 Å². The van der Waals surface area contributed by atoms with E-state index in [4.69, 9.17) is 0 Å². The summed E-state index contributed by atoms with van der Waals surface area (Å²) in [4.78, 5) is 11.5. The molecule has 2 unspecified atom stereocenters. The molecule has 0 aromatic heterocycles. The molecule has 0 radical (unpaired) electrons. The van der Waals surface area contributed by atoms with Gasteiger partial charge in [0.1, 0.15) is 0 Å². The van der Waals surface area contributed by atoms with Crippen LogP contribution in [0.5, 0.6) is 0 Å². The molecule has 1 rings (SSSR count). The lowest BCUT2D eigenvalue weighted by Crippen LogP contribution is -2.45. The summed E-state index contributed by atoms with van der Waals surface area (Å²) in [5.41, 5.74) is -0.131. The topological polar surface area (TPSA) is 61.4 Å². The molecule has 0 saturated heterocycles. The van der Waals surface area contributed by atoms with E-state index < -0.39 is 0 Å². The summed E-state index contributed by atoms with van der Waals surface area (Å²) in [5, 5.41) is 15.8. The summed E-state index contributed by atoms with van der Waals surface area (Å²) >= 11 is 0. The lowest BCUT2D eigenvalue weighted by Gasteiger charge is -2.38. The van der Waals surface area contributed by atoms with Crippen molar-refractivity contribution >= 4 is 5.91 Å². The molecule has 94 valence electrons. The monoisotopic (exact) mass is 228 g/mol. The highest BCUT2D eigenvalue weighted by atomic mass is 16.3. The summed E-state index contributed by atoms with van der Waals surface area (Å²) < 4.78 is 0. The first-order valence-corrected chi connectivity index (χ1v) is 6.18. The summed E-state index contributed by atoms with van der Waals surface area (Å²) in [5.74, 6) is 0.0633. The molecule has 1 amide bonds. The molecule has 16 heavy (non-hydrogen) atoms. The van der Waals surface area contributed by atoms with Gasteiger partial charge in [0.05, 0.1) is 6.10 Å². The van der Waals surface area contributed by atoms with Gasteiger partial charge in [-0.2, -0.15) is 0 Å². The van der Waals surface area contributed by atoms with Crippen LogP contribution in [0.1, 0.15) is 39.0 Å². The molecule has 0 heterocycles. The Morgan fingerprint density at radius 2 is 2.25 bits per heavy atom. The van der Waals surface area contributed by atoms with Crippen molar-refractivity contribution in [3.8, 4) is 0 Å². The number of aliphatic hydroxyl groups excluding tert-OH is 1. The molecule has 3 N–H and O–H groups in total. The predicted molar refractivity (Wildman–Crippen MR) is 64.1 cm³/mol. The highest BCUT2D eigenvalue weighted by Crippen LogP contribution is 2.35. The van der Waals surface area contributed by atoms with Gasteiger partial charge in [-0.05, 0) is 19.9 Å². The van der Waals surface area contributed by atoms with Gasteiger partial charge in [-0.15, -0.1) is 0 Å². The first-order chi connectivity index (χ1) is 7.58. The van der Waals surface area contributed by atoms with Crippen LogP contribution >= 0.6 is 0 Å². The second kappa shape index (κ2) is 6.21. The molecule has 1 aliphatic rings. The van der Waals surface area contributed by atoms with Crippen LogP contribution < -0.4 is 10.6 Å². The largest absolute Gasteiger partial charge is 0.392 e. The van der Waals surface area contributed by atoms with E-state index in [1.807, 2.05) is 7.05 Å². The van der Waals surface area contributed by atoms with Crippen molar-refractivity contribution in [1.82, 2.24) is 10.6 Å². The molecular weight excluding hydrogens is 204 g/mol. The molecular formula is C12H24N2O2. The molecule has 1 fully saturated rings.